The van der Waals surface area contributed by atoms with Crippen molar-refractivity contribution in [2.45, 2.75) is 40.5 Å². The first kappa shape index (κ1) is 17.2. The minimum Gasteiger partial charge on any atom is -0.497 e. The number of rotatable bonds is 7. The van der Waals surface area contributed by atoms with Crippen molar-refractivity contribution >= 4 is 5.91 Å². The van der Waals surface area contributed by atoms with Gasteiger partial charge in [0.25, 0.3) is 0 Å². The lowest BCUT2D eigenvalue weighted by Gasteiger charge is -2.07. The predicted molar refractivity (Wildman–Crippen MR) is 80.5 cm³/mol. The summed E-state index contributed by atoms with van der Waals surface area (Å²) in [5, 5.41) is 0. The minimum absolute atomic E-state index is 0.408. The third-order valence-corrected chi connectivity index (χ3v) is 2.88. The highest BCUT2D eigenvalue weighted by Gasteiger charge is 2.07. The molecule has 0 aromatic carbocycles. The maximum Gasteiger partial charge on any atom is 0.248 e. The number of ether oxygens (including phenoxy) is 1. The zero-order valence-electron chi connectivity index (χ0n) is 12.6. The van der Waals surface area contributed by atoms with Crippen LogP contribution in [0.15, 0.2) is 46.8 Å². The van der Waals surface area contributed by atoms with Crippen LogP contribution in [0.4, 0.5) is 0 Å². The third kappa shape index (κ3) is 5.60. The van der Waals surface area contributed by atoms with Gasteiger partial charge in [0.15, 0.2) is 0 Å². The number of carbonyl (C=O) groups is 1. The summed E-state index contributed by atoms with van der Waals surface area (Å²) in [6, 6.07) is 0. The van der Waals surface area contributed by atoms with Gasteiger partial charge in [-0.1, -0.05) is 32.1 Å². The highest BCUT2D eigenvalue weighted by atomic mass is 16.5. The summed E-state index contributed by atoms with van der Waals surface area (Å²) < 4.78 is 5.33. The largest absolute Gasteiger partial charge is 0.497 e. The molecule has 0 aliphatic carbocycles. The normalized spacial score (nSPS) is 14.6. The van der Waals surface area contributed by atoms with E-state index in [4.69, 9.17) is 10.5 Å². The molecule has 0 rings (SSSR count). The molecule has 0 aromatic heterocycles. The zero-order chi connectivity index (χ0) is 14.8. The number of allylic oxidation sites excluding steroid dienone is 5. The second kappa shape index (κ2) is 9.20. The van der Waals surface area contributed by atoms with Gasteiger partial charge in [-0.05, 0) is 43.9 Å². The Hall–Kier alpha value is -1.77. The number of hydrogen-bond acceptors (Lipinski definition) is 2. The molecule has 0 atom stereocenters. The van der Waals surface area contributed by atoms with E-state index in [9.17, 15) is 4.79 Å². The Balaban J connectivity index is 5.33. The molecular formula is C16H25NO2. The lowest BCUT2D eigenvalue weighted by Crippen LogP contribution is -2.15. The van der Waals surface area contributed by atoms with Crippen LogP contribution in [-0.2, 0) is 9.53 Å². The van der Waals surface area contributed by atoms with Crippen LogP contribution in [0, 0.1) is 0 Å². The molecule has 0 saturated heterocycles. The molecule has 19 heavy (non-hydrogen) atoms. The summed E-state index contributed by atoms with van der Waals surface area (Å²) in [4.78, 5) is 11.4. The molecule has 0 saturated carbocycles. The summed E-state index contributed by atoms with van der Waals surface area (Å²) >= 11 is 0. The number of carbonyl (C=O) groups excluding carboxylic acids is 1. The standard InChI is InChI=1S/C16H25NO2/c1-6-9-14(16(17)18)13(8-3)10-11-15(19-5)12(4)7-2/h8-11H,6-7H2,1-5H3,(H2,17,18)/b11-10-,13-8+,14-9-,15-12-. The molecule has 0 heterocycles. The minimum atomic E-state index is -0.408. The summed E-state index contributed by atoms with van der Waals surface area (Å²) in [6.45, 7) is 7.95. The fourth-order valence-electron chi connectivity index (χ4n) is 1.63. The molecule has 0 aliphatic heterocycles. The average molecular weight is 263 g/mol. The molecule has 0 radical (unpaired) electrons. The van der Waals surface area contributed by atoms with Crippen LogP contribution in [-0.4, -0.2) is 13.0 Å². The highest BCUT2D eigenvalue weighted by molar-refractivity contribution is 5.97. The van der Waals surface area contributed by atoms with E-state index in [0.29, 0.717) is 5.57 Å². The number of methoxy groups -OCH3 is 1. The van der Waals surface area contributed by atoms with Crippen molar-refractivity contribution < 1.29 is 9.53 Å². The first-order valence-electron chi connectivity index (χ1n) is 6.60. The maximum absolute atomic E-state index is 11.4. The summed E-state index contributed by atoms with van der Waals surface area (Å²) in [5.41, 5.74) is 7.92. The van der Waals surface area contributed by atoms with Crippen molar-refractivity contribution in [2.24, 2.45) is 5.73 Å². The topological polar surface area (TPSA) is 52.3 Å². The molecule has 106 valence electrons. The Bertz CT molecular complexity index is 426. The molecule has 3 heteroatoms. The first-order valence-corrected chi connectivity index (χ1v) is 6.60. The lowest BCUT2D eigenvalue weighted by molar-refractivity contribution is -0.114. The molecule has 2 N–H and O–H groups in total. The molecule has 0 spiro atoms. The highest BCUT2D eigenvalue weighted by Crippen LogP contribution is 2.16. The Morgan fingerprint density at radius 2 is 1.89 bits per heavy atom. The second-order valence-corrected chi connectivity index (χ2v) is 4.17. The van der Waals surface area contributed by atoms with E-state index >= 15 is 0 Å². The van der Waals surface area contributed by atoms with Gasteiger partial charge in [-0.2, -0.15) is 0 Å². The van der Waals surface area contributed by atoms with Gasteiger partial charge in [-0.3, -0.25) is 4.79 Å². The van der Waals surface area contributed by atoms with Crippen molar-refractivity contribution in [3.8, 4) is 0 Å². The van der Waals surface area contributed by atoms with Gasteiger partial charge < -0.3 is 10.5 Å². The van der Waals surface area contributed by atoms with E-state index in [0.717, 1.165) is 29.7 Å². The molecule has 0 aliphatic rings. The van der Waals surface area contributed by atoms with Crippen molar-refractivity contribution in [2.75, 3.05) is 7.11 Å². The molecule has 1 amide bonds. The maximum atomic E-state index is 11.4. The fourth-order valence-corrected chi connectivity index (χ4v) is 1.63. The number of amides is 1. The average Bonchev–Trinajstić information content (AvgIpc) is 2.41. The van der Waals surface area contributed by atoms with Gasteiger partial charge in [-0.15, -0.1) is 0 Å². The lowest BCUT2D eigenvalue weighted by atomic mass is 10.0. The Kier molecular flexibility index (Phi) is 8.34. The summed E-state index contributed by atoms with van der Waals surface area (Å²) in [6.07, 6.45) is 9.14. The number of nitrogens with two attached hydrogens (primary N) is 1. The van der Waals surface area contributed by atoms with Gasteiger partial charge in [0.1, 0.15) is 5.76 Å². The van der Waals surface area contributed by atoms with Crippen molar-refractivity contribution in [1.82, 2.24) is 0 Å². The van der Waals surface area contributed by atoms with E-state index in [1.807, 2.05) is 45.1 Å². The van der Waals surface area contributed by atoms with E-state index < -0.39 is 5.91 Å². The number of hydrogen-bond donors (Lipinski definition) is 1. The Morgan fingerprint density at radius 3 is 2.26 bits per heavy atom. The van der Waals surface area contributed by atoms with Crippen molar-refractivity contribution in [3.05, 3.63) is 46.8 Å². The molecule has 3 nitrogen and oxygen atoms in total. The summed E-state index contributed by atoms with van der Waals surface area (Å²) in [7, 11) is 1.64. The molecular weight excluding hydrogens is 238 g/mol. The molecule has 0 aromatic rings. The number of primary amides is 1. The van der Waals surface area contributed by atoms with Crippen molar-refractivity contribution in [1.29, 1.82) is 0 Å². The first-order chi connectivity index (χ1) is 9.01. The summed E-state index contributed by atoms with van der Waals surface area (Å²) in [5.74, 6) is 0.414. The SMILES string of the molecule is C/C=C(\C=C/C(OC)=C(\C)CC)C(=C/CC)/C(N)=O. The second-order valence-electron chi connectivity index (χ2n) is 4.17. The van der Waals surface area contributed by atoms with Crippen LogP contribution in [0.3, 0.4) is 0 Å². The van der Waals surface area contributed by atoms with Crippen LogP contribution < -0.4 is 5.73 Å². The monoisotopic (exact) mass is 263 g/mol. The predicted octanol–water partition coefficient (Wildman–Crippen LogP) is 3.64. The van der Waals surface area contributed by atoms with Crippen LogP contribution in [0.2, 0.25) is 0 Å². The van der Waals surface area contributed by atoms with Crippen LogP contribution in [0.1, 0.15) is 40.5 Å². The Labute approximate surface area is 116 Å². The smallest absolute Gasteiger partial charge is 0.248 e. The third-order valence-electron chi connectivity index (χ3n) is 2.88. The van der Waals surface area contributed by atoms with Crippen molar-refractivity contribution in [3.63, 3.8) is 0 Å². The van der Waals surface area contributed by atoms with Crippen LogP contribution >= 0.6 is 0 Å². The molecule has 0 unspecified atom stereocenters. The zero-order valence-corrected chi connectivity index (χ0v) is 12.6. The van der Waals surface area contributed by atoms with Gasteiger partial charge in [0.2, 0.25) is 5.91 Å². The van der Waals surface area contributed by atoms with E-state index in [1.54, 1.807) is 7.11 Å². The van der Waals surface area contributed by atoms with Gasteiger partial charge in [0.05, 0.1) is 7.11 Å². The Morgan fingerprint density at radius 1 is 1.26 bits per heavy atom. The van der Waals surface area contributed by atoms with E-state index in [-0.39, 0.29) is 0 Å². The molecule has 0 fully saturated rings. The van der Waals surface area contributed by atoms with Crippen LogP contribution in [0.25, 0.3) is 0 Å². The van der Waals surface area contributed by atoms with E-state index in [2.05, 4.69) is 6.92 Å². The van der Waals surface area contributed by atoms with Gasteiger partial charge >= 0.3 is 0 Å². The quantitative estimate of drug-likeness (QED) is 0.433. The van der Waals surface area contributed by atoms with Gasteiger partial charge in [0, 0.05) is 5.57 Å². The van der Waals surface area contributed by atoms with Gasteiger partial charge in [-0.25, -0.2) is 0 Å². The fraction of sp³-hybridized carbons (Fsp3) is 0.438. The van der Waals surface area contributed by atoms with E-state index in [1.165, 1.54) is 0 Å². The van der Waals surface area contributed by atoms with Crippen LogP contribution in [0.5, 0.6) is 0 Å². The molecule has 0 bridgehead atoms.